The molecule has 0 spiro atoms. The fourth-order valence-corrected chi connectivity index (χ4v) is 9.11. The maximum atomic E-state index is 12.3. The lowest BCUT2D eigenvalue weighted by molar-refractivity contribution is 0.590. The van der Waals surface area contributed by atoms with Gasteiger partial charge in [0.15, 0.2) is 13.2 Å². The normalized spacial score (nSPS) is 12.2. The summed E-state index contributed by atoms with van der Waals surface area (Å²) in [6, 6.07) is 21.8. The largest absolute Gasteiger partial charge is 0.265 e. The van der Waals surface area contributed by atoms with Gasteiger partial charge >= 0.3 is 0 Å². The molecule has 0 aliphatic heterocycles. The number of benzene rings is 3. The minimum Gasteiger partial charge on any atom is -0.265 e. The predicted octanol–water partition coefficient (Wildman–Crippen LogP) is 6.14. The highest BCUT2D eigenvalue weighted by molar-refractivity contribution is 8.57. The molecule has 0 N–H and O–H groups in total. The summed E-state index contributed by atoms with van der Waals surface area (Å²) in [6.45, 7) is 3.09. The van der Waals surface area contributed by atoms with Crippen LogP contribution < -0.4 is 10.6 Å². The fourth-order valence-electron chi connectivity index (χ4n) is 3.12. The average Bonchev–Trinajstić information content (AvgIpc) is 2.77. The molecule has 0 fully saturated rings. The first kappa shape index (κ1) is 25.8. The topological polar surface area (TPSA) is 34.1 Å². The van der Waals surface area contributed by atoms with Gasteiger partial charge in [0, 0.05) is 10.6 Å². The molecule has 166 valence electrons. The van der Waals surface area contributed by atoms with E-state index in [4.69, 9.17) is 44.8 Å². The lowest BCUT2D eigenvalue weighted by atomic mass is 9.83. The van der Waals surface area contributed by atoms with Crippen LogP contribution in [0.15, 0.2) is 66.7 Å². The minimum absolute atomic E-state index is 0.0463. The van der Waals surface area contributed by atoms with Crippen LogP contribution >= 0.6 is 13.2 Å². The molecule has 2 atom stereocenters. The van der Waals surface area contributed by atoms with E-state index in [-0.39, 0.29) is 5.41 Å². The molecule has 3 aromatic rings. The van der Waals surface area contributed by atoms with Crippen molar-refractivity contribution in [3.05, 3.63) is 72.3 Å². The Morgan fingerprint density at radius 1 is 0.594 bits per heavy atom. The Bertz CT molecular complexity index is 1440. The van der Waals surface area contributed by atoms with Gasteiger partial charge in [-0.25, -0.2) is 0 Å². The van der Waals surface area contributed by atoms with Crippen LogP contribution in [0.4, 0.5) is 0 Å². The molecule has 0 saturated heterocycles. The third kappa shape index (κ3) is 6.19. The molecule has 2 unspecified atom stereocenters. The van der Waals surface area contributed by atoms with Gasteiger partial charge in [-0.15, -0.1) is 0 Å². The number of hydrogen-bond acceptors (Lipinski definition) is 6. The Morgan fingerprint density at radius 2 is 0.938 bits per heavy atom. The van der Waals surface area contributed by atoms with E-state index in [2.05, 4.69) is 39.0 Å². The second-order valence-corrected chi connectivity index (χ2v) is 23.4. The summed E-state index contributed by atoms with van der Waals surface area (Å²) < 4.78 is 24.5. The summed E-state index contributed by atoms with van der Waals surface area (Å²) in [6.07, 6.45) is 0. The zero-order valence-corrected chi connectivity index (χ0v) is 24.2. The maximum Gasteiger partial charge on any atom is 0.198 e. The van der Waals surface area contributed by atoms with Gasteiger partial charge in [0.25, 0.3) is 0 Å². The van der Waals surface area contributed by atoms with Gasteiger partial charge in [-0.1, -0.05) is 57.2 Å². The quantitative estimate of drug-likeness (QED) is 0.351. The first-order valence-corrected chi connectivity index (χ1v) is 19.3. The van der Waals surface area contributed by atoms with E-state index < -0.39 is 27.5 Å². The molecule has 3 aromatic carbocycles. The molecule has 10 heteroatoms. The molecule has 0 saturated carbocycles. The van der Waals surface area contributed by atoms with Crippen molar-refractivity contribution in [3.8, 4) is 22.3 Å². The van der Waals surface area contributed by atoms with Gasteiger partial charge in [-0.3, -0.25) is 9.13 Å². The van der Waals surface area contributed by atoms with E-state index in [1.807, 2.05) is 48.5 Å². The minimum atomic E-state index is -1.73. The highest BCUT2D eigenvalue weighted by Crippen LogP contribution is 2.33. The van der Waals surface area contributed by atoms with Gasteiger partial charge in [-0.05, 0) is 123 Å². The molecule has 0 aromatic heterocycles. The molecule has 0 aliphatic carbocycles. The van der Waals surface area contributed by atoms with Gasteiger partial charge in [0.05, 0.1) is 0 Å². The van der Waals surface area contributed by atoms with E-state index in [1.54, 1.807) is 0 Å². The Morgan fingerprint density at radius 3 is 1.22 bits per heavy atom. The summed E-state index contributed by atoms with van der Waals surface area (Å²) in [4.78, 5) is 0. The van der Waals surface area contributed by atoms with Crippen molar-refractivity contribution in [2.75, 3.05) is 0 Å². The van der Waals surface area contributed by atoms with Crippen LogP contribution in [0.5, 0.6) is 0 Å². The molecule has 0 radical (unpaired) electrons. The maximum absolute atomic E-state index is 12.3. The highest BCUT2D eigenvalue weighted by atomic mass is 33.2. The first-order chi connectivity index (χ1) is 15.0. The lowest BCUT2D eigenvalue weighted by Gasteiger charge is -2.22. The molecule has 0 aliphatic rings. The molecule has 3 rings (SSSR count). The van der Waals surface area contributed by atoms with Crippen LogP contribution in [0, 0.1) is 0 Å². The van der Waals surface area contributed by atoms with Crippen molar-refractivity contribution in [2.45, 2.75) is 26.2 Å². The monoisotopic (exact) mass is 570 g/mol. The summed E-state index contributed by atoms with van der Waals surface area (Å²) in [7, 11) is -1.95. The summed E-state index contributed by atoms with van der Waals surface area (Å²) >= 11 is 20.0. The molecule has 0 heterocycles. The van der Waals surface area contributed by atoms with E-state index in [0.717, 1.165) is 22.3 Å². The predicted molar refractivity (Wildman–Crippen MR) is 155 cm³/mol. The third-order valence-corrected chi connectivity index (χ3v) is 14.6. The van der Waals surface area contributed by atoms with E-state index >= 15 is 0 Å². The zero-order valence-electron chi connectivity index (χ0n) is 17.5. The SMILES string of the molecule is CC(C)(C)c1cc(-c2ccc(P(=O)=S(=S)=S)cc2)cc(-c2ccc(P(=O)=S(=S)=S)cc2)c1. The van der Waals surface area contributed by atoms with E-state index in [1.165, 1.54) is 5.56 Å². The van der Waals surface area contributed by atoms with Crippen molar-refractivity contribution in [2.24, 2.45) is 0 Å². The average molecular weight is 571 g/mol. The van der Waals surface area contributed by atoms with Gasteiger partial charge in [-0.2, -0.15) is 0 Å². The molecule has 32 heavy (non-hydrogen) atoms. The lowest BCUT2D eigenvalue weighted by Crippen LogP contribution is -2.11. The third-order valence-electron chi connectivity index (χ3n) is 4.89. The fraction of sp³-hybridized carbons (Fsp3) is 0.182. The van der Waals surface area contributed by atoms with Gasteiger partial charge < -0.3 is 0 Å². The second kappa shape index (κ2) is 10.6. The van der Waals surface area contributed by atoms with Crippen molar-refractivity contribution in [1.29, 1.82) is 0 Å². The second-order valence-electron chi connectivity index (χ2n) is 8.09. The number of hydrogen-bond donors (Lipinski definition) is 0. The van der Waals surface area contributed by atoms with Crippen LogP contribution in [0.25, 0.3) is 22.3 Å². The summed E-state index contributed by atoms with van der Waals surface area (Å²) in [5.41, 5.74) is 5.34. The zero-order chi connectivity index (χ0) is 23.6. The van der Waals surface area contributed by atoms with E-state index in [0.29, 0.717) is 10.6 Å². The Labute approximate surface area is 211 Å². The molecule has 2 nitrogen and oxygen atoms in total. The van der Waals surface area contributed by atoms with E-state index in [9.17, 15) is 9.13 Å². The van der Waals surface area contributed by atoms with Crippen LogP contribution in [-0.2, 0) is 73.7 Å². The van der Waals surface area contributed by atoms with Crippen LogP contribution in [-0.4, -0.2) is 0 Å². The highest BCUT2D eigenvalue weighted by Gasteiger charge is 2.16. The molecule has 0 amide bonds. The van der Waals surface area contributed by atoms with Crippen LogP contribution in [0.3, 0.4) is 0 Å². The van der Waals surface area contributed by atoms with Crippen molar-refractivity contribution in [3.63, 3.8) is 0 Å². The standard InChI is InChI=1S/C22H20O2P2S6/c1-22(2,3)19-13-17(15-4-8-20(9-5-15)25(23)31(27)28)12-18(14-19)16-6-10-21(11-7-16)26(24)32(29)30/h4-14H,1-3H3. The van der Waals surface area contributed by atoms with Crippen LogP contribution in [0.1, 0.15) is 26.3 Å². The van der Waals surface area contributed by atoms with Crippen molar-refractivity contribution >= 4 is 82.9 Å². The van der Waals surface area contributed by atoms with Gasteiger partial charge in [0.1, 0.15) is 0 Å². The Hall–Kier alpha value is -0.820. The molecular formula is C22H20O2P2S6. The Kier molecular flexibility index (Phi) is 8.56. The molecule has 0 bridgehead atoms. The first-order valence-electron chi connectivity index (χ1n) is 9.47. The van der Waals surface area contributed by atoms with Crippen LogP contribution in [0.2, 0.25) is 0 Å². The summed E-state index contributed by atoms with van der Waals surface area (Å²) in [5, 5.41) is 1.38. The van der Waals surface area contributed by atoms with Crippen molar-refractivity contribution in [1.82, 2.24) is 0 Å². The van der Waals surface area contributed by atoms with Gasteiger partial charge in [0.2, 0.25) is 0 Å². The summed E-state index contributed by atoms with van der Waals surface area (Å²) in [5.74, 6) is 0. The van der Waals surface area contributed by atoms with Crippen molar-refractivity contribution < 1.29 is 9.13 Å². The number of rotatable bonds is 4. The Balaban J connectivity index is 2.15. The smallest absolute Gasteiger partial charge is 0.198 e. The molecular weight excluding hydrogens is 551 g/mol.